The van der Waals surface area contributed by atoms with Gasteiger partial charge in [-0.3, -0.25) is 4.79 Å². The Balaban J connectivity index is 1.95. The van der Waals surface area contributed by atoms with Crippen LogP contribution in [0, 0.1) is 0 Å². The number of nitrogens with one attached hydrogen (secondary N) is 2. The molecule has 2 aromatic rings. The fourth-order valence-electron chi connectivity index (χ4n) is 2.11. The summed E-state index contributed by atoms with van der Waals surface area (Å²) in [4.78, 5) is 15.2. The molecule has 0 spiro atoms. The summed E-state index contributed by atoms with van der Waals surface area (Å²) in [5.41, 5.74) is 2.14. The lowest BCUT2D eigenvalue weighted by Gasteiger charge is -2.12. The Morgan fingerprint density at radius 3 is 3.00 bits per heavy atom. The van der Waals surface area contributed by atoms with Crippen LogP contribution in [0.3, 0.4) is 0 Å². The number of rotatable bonds is 6. The van der Waals surface area contributed by atoms with Gasteiger partial charge in [-0.15, -0.1) is 0 Å². The Hall–Kier alpha value is -1.42. The third kappa shape index (κ3) is 3.77. The van der Waals surface area contributed by atoms with E-state index in [0.29, 0.717) is 6.42 Å². The molecule has 0 aliphatic carbocycles. The molecule has 102 valence electrons. The van der Waals surface area contributed by atoms with Crippen LogP contribution < -0.4 is 5.32 Å². The smallest absolute Gasteiger partial charge is 0.224 e. The second kappa shape index (κ2) is 6.66. The fraction of sp³-hybridized carbons (Fsp3) is 0.400. The Morgan fingerprint density at radius 1 is 1.42 bits per heavy atom. The summed E-state index contributed by atoms with van der Waals surface area (Å²) in [6.45, 7) is 4.18. The van der Waals surface area contributed by atoms with E-state index in [9.17, 15) is 4.79 Å². The van der Waals surface area contributed by atoms with Crippen LogP contribution in [0.5, 0.6) is 0 Å². The van der Waals surface area contributed by atoms with Gasteiger partial charge < -0.3 is 10.3 Å². The fourth-order valence-corrected chi connectivity index (χ4v) is 2.79. The molecule has 0 aliphatic heterocycles. The number of carbonyl (C=O) groups is 1. The van der Waals surface area contributed by atoms with Gasteiger partial charge in [-0.25, -0.2) is 0 Å². The van der Waals surface area contributed by atoms with Crippen molar-refractivity contribution in [2.75, 3.05) is 11.5 Å². The SMILES string of the molecule is CCSCC(C)NC(=O)Cc1c[nH]c2ccccc12. The van der Waals surface area contributed by atoms with E-state index in [0.717, 1.165) is 28.0 Å². The molecule has 1 heterocycles. The minimum Gasteiger partial charge on any atom is -0.361 e. The summed E-state index contributed by atoms with van der Waals surface area (Å²) in [5, 5.41) is 4.18. The number of aromatic nitrogens is 1. The maximum Gasteiger partial charge on any atom is 0.224 e. The first kappa shape index (κ1) is 14.0. The van der Waals surface area contributed by atoms with Crippen molar-refractivity contribution in [2.24, 2.45) is 0 Å². The number of benzene rings is 1. The number of fused-ring (bicyclic) bond motifs is 1. The maximum atomic E-state index is 12.0. The lowest BCUT2D eigenvalue weighted by atomic mass is 10.1. The van der Waals surface area contributed by atoms with Crippen LogP contribution >= 0.6 is 11.8 Å². The van der Waals surface area contributed by atoms with Crippen molar-refractivity contribution >= 4 is 28.6 Å². The lowest BCUT2D eigenvalue weighted by molar-refractivity contribution is -0.120. The summed E-state index contributed by atoms with van der Waals surface area (Å²) in [7, 11) is 0. The molecule has 1 amide bonds. The van der Waals surface area contributed by atoms with Crippen molar-refractivity contribution in [3.05, 3.63) is 36.0 Å². The molecule has 0 fully saturated rings. The van der Waals surface area contributed by atoms with Crippen molar-refractivity contribution in [3.63, 3.8) is 0 Å². The van der Waals surface area contributed by atoms with Gasteiger partial charge in [0.2, 0.25) is 5.91 Å². The first-order valence-electron chi connectivity index (χ1n) is 6.62. The summed E-state index contributed by atoms with van der Waals surface area (Å²) in [5.74, 6) is 2.15. The molecule has 4 heteroatoms. The van der Waals surface area contributed by atoms with Crippen molar-refractivity contribution < 1.29 is 4.79 Å². The number of H-pyrrole nitrogens is 1. The lowest BCUT2D eigenvalue weighted by Crippen LogP contribution is -2.35. The standard InChI is InChI=1S/C15H20N2OS/c1-3-19-10-11(2)17-15(18)8-12-9-16-14-7-5-4-6-13(12)14/h4-7,9,11,16H,3,8,10H2,1-2H3,(H,17,18). The molecular formula is C15H20N2OS. The number of carbonyl (C=O) groups excluding carboxylic acids is 1. The number of hydrogen-bond donors (Lipinski definition) is 2. The van der Waals surface area contributed by atoms with Crippen LogP contribution in [0.4, 0.5) is 0 Å². The topological polar surface area (TPSA) is 44.9 Å². The summed E-state index contributed by atoms with van der Waals surface area (Å²) in [6, 6.07) is 8.29. The van der Waals surface area contributed by atoms with Gasteiger partial charge in [0.1, 0.15) is 0 Å². The van der Waals surface area contributed by atoms with Crippen LogP contribution in [-0.4, -0.2) is 28.4 Å². The Bertz CT molecular complexity index is 550. The zero-order valence-electron chi connectivity index (χ0n) is 11.4. The van der Waals surface area contributed by atoms with Gasteiger partial charge in [-0.05, 0) is 24.3 Å². The molecule has 1 unspecified atom stereocenters. The molecule has 2 N–H and O–H groups in total. The molecule has 0 bridgehead atoms. The predicted molar refractivity (Wildman–Crippen MR) is 82.6 cm³/mol. The van der Waals surface area contributed by atoms with E-state index in [1.165, 1.54) is 0 Å². The van der Waals surface area contributed by atoms with Crippen molar-refractivity contribution in [3.8, 4) is 0 Å². The van der Waals surface area contributed by atoms with Crippen LogP contribution in [-0.2, 0) is 11.2 Å². The van der Waals surface area contributed by atoms with Crippen LogP contribution in [0.2, 0.25) is 0 Å². The Kier molecular flexibility index (Phi) is 4.91. The number of hydrogen-bond acceptors (Lipinski definition) is 2. The van der Waals surface area contributed by atoms with Crippen molar-refractivity contribution in [1.29, 1.82) is 0 Å². The largest absolute Gasteiger partial charge is 0.361 e. The van der Waals surface area contributed by atoms with E-state index < -0.39 is 0 Å². The van der Waals surface area contributed by atoms with E-state index >= 15 is 0 Å². The highest BCUT2D eigenvalue weighted by Crippen LogP contribution is 2.18. The summed E-state index contributed by atoms with van der Waals surface area (Å²) >= 11 is 1.85. The summed E-state index contributed by atoms with van der Waals surface area (Å²) < 4.78 is 0. The second-order valence-electron chi connectivity index (χ2n) is 4.66. The van der Waals surface area contributed by atoms with Crippen LogP contribution in [0.25, 0.3) is 10.9 Å². The molecule has 0 aliphatic rings. The van der Waals surface area contributed by atoms with Crippen LogP contribution in [0.15, 0.2) is 30.5 Å². The molecule has 0 saturated heterocycles. The van der Waals surface area contributed by atoms with Gasteiger partial charge in [0.25, 0.3) is 0 Å². The van der Waals surface area contributed by atoms with Gasteiger partial charge in [-0.2, -0.15) is 11.8 Å². The highest BCUT2D eigenvalue weighted by Gasteiger charge is 2.10. The van der Waals surface area contributed by atoms with E-state index in [4.69, 9.17) is 0 Å². The average molecular weight is 276 g/mol. The Labute approximate surface area is 118 Å². The third-order valence-corrected chi connectivity index (χ3v) is 4.15. The van der Waals surface area contributed by atoms with Gasteiger partial charge in [0.15, 0.2) is 0 Å². The van der Waals surface area contributed by atoms with Gasteiger partial charge >= 0.3 is 0 Å². The quantitative estimate of drug-likeness (QED) is 0.852. The third-order valence-electron chi connectivity index (χ3n) is 3.01. The van der Waals surface area contributed by atoms with Gasteiger partial charge in [0, 0.05) is 28.9 Å². The molecule has 19 heavy (non-hydrogen) atoms. The molecule has 1 aromatic carbocycles. The maximum absolute atomic E-state index is 12.0. The van der Waals surface area contributed by atoms with E-state index in [-0.39, 0.29) is 11.9 Å². The molecule has 1 atom stereocenters. The molecule has 2 rings (SSSR count). The molecule has 0 saturated carbocycles. The summed E-state index contributed by atoms with van der Waals surface area (Å²) in [6.07, 6.45) is 2.36. The first-order chi connectivity index (χ1) is 9.20. The molecular weight excluding hydrogens is 256 g/mol. The number of amides is 1. The minimum absolute atomic E-state index is 0.0916. The van der Waals surface area contributed by atoms with Crippen molar-refractivity contribution in [2.45, 2.75) is 26.3 Å². The van der Waals surface area contributed by atoms with E-state index in [2.05, 4.69) is 24.1 Å². The molecule has 0 radical (unpaired) electrons. The highest BCUT2D eigenvalue weighted by molar-refractivity contribution is 7.99. The van der Waals surface area contributed by atoms with Crippen molar-refractivity contribution in [1.82, 2.24) is 10.3 Å². The average Bonchev–Trinajstić information content (AvgIpc) is 2.80. The monoisotopic (exact) mass is 276 g/mol. The highest BCUT2D eigenvalue weighted by atomic mass is 32.2. The number of thioether (sulfide) groups is 1. The number of para-hydroxylation sites is 1. The second-order valence-corrected chi connectivity index (χ2v) is 5.98. The van der Waals surface area contributed by atoms with Crippen LogP contribution in [0.1, 0.15) is 19.4 Å². The number of aromatic amines is 1. The molecule has 3 nitrogen and oxygen atoms in total. The predicted octanol–water partition coefficient (Wildman–Crippen LogP) is 2.97. The first-order valence-corrected chi connectivity index (χ1v) is 7.78. The van der Waals surface area contributed by atoms with Gasteiger partial charge in [0.05, 0.1) is 6.42 Å². The Morgan fingerprint density at radius 2 is 2.21 bits per heavy atom. The normalized spacial score (nSPS) is 12.5. The van der Waals surface area contributed by atoms with E-state index in [1.807, 2.05) is 42.2 Å². The van der Waals surface area contributed by atoms with Gasteiger partial charge in [-0.1, -0.05) is 25.1 Å². The minimum atomic E-state index is 0.0916. The zero-order valence-corrected chi connectivity index (χ0v) is 12.2. The molecule has 1 aromatic heterocycles. The van der Waals surface area contributed by atoms with E-state index in [1.54, 1.807) is 0 Å². The zero-order chi connectivity index (χ0) is 13.7.